The van der Waals surface area contributed by atoms with Gasteiger partial charge in [0, 0.05) is 25.7 Å². The van der Waals surface area contributed by atoms with Crippen LogP contribution in [-0.2, 0) is 14.9 Å². The molecule has 0 spiro atoms. The lowest BCUT2D eigenvalue weighted by Crippen LogP contribution is -2.48. The molecule has 7 heteroatoms. The monoisotopic (exact) mass is 339 g/mol. The summed E-state index contributed by atoms with van der Waals surface area (Å²) in [6, 6.07) is 10.2. The quantitative estimate of drug-likeness (QED) is 0.840. The summed E-state index contributed by atoms with van der Waals surface area (Å²) in [6.07, 6.45) is 2.36. The molecule has 3 rings (SSSR count). The second-order valence-electron chi connectivity index (χ2n) is 6.03. The first-order valence-electron chi connectivity index (χ1n) is 8.28. The molecule has 6 nitrogen and oxygen atoms in total. The minimum Gasteiger partial charge on any atom is -0.379 e. The first kappa shape index (κ1) is 16.9. The molecule has 2 aliphatic heterocycles. The number of nitrogens with zero attached hydrogens (tertiary/aromatic N) is 2. The molecule has 0 aliphatic carbocycles. The molecular formula is C16H25N3O3S. The van der Waals surface area contributed by atoms with Gasteiger partial charge in [0.15, 0.2) is 0 Å². The van der Waals surface area contributed by atoms with Crippen molar-refractivity contribution < 1.29 is 13.2 Å². The minimum atomic E-state index is -3.44. The van der Waals surface area contributed by atoms with Crippen LogP contribution >= 0.6 is 0 Å². The van der Waals surface area contributed by atoms with Gasteiger partial charge in [-0.3, -0.25) is 4.90 Å². The first-order chi connectivity index (χ1) is 11.2. The largest absolute Gasteiger partial charge is 0.379 e. The van der Waals surface area contributed by atoms with Crippen molar-refractivity contribution in [3.8, 4) is 0 Å². The topological polar surface area (TPSA) is 61.9 Å². The summed E-state index contributed by atoms with van der Waals surface area (Å²) in [6.45, 7) is 4.25. The van der Waals surface area contributed by atoms with Crippen molar-refractivity contribution in [2.45, 2.75) is 18.9 Å². The predicted octanol–water partition coefficient (Wildman–Crippen LogP) is 0.990. The third kappa shape index (κ3) is 4.30. The number of ether oxygens (including phenoxy) is 1. The molecule has 0 amide bonds. The van der Waals surface area contributed by atoms with E-state index in [4.69, 9.17) is 4.74 Å². The third-order valence-corrected chi connectivity index (χ3v) is 6.11. The van der Waals surface area contributed by atoms with Gasteiger partial charge in [0.2, 0.25) is 0 Å². The summed E-state index contributed by atoms with van der Waals surface area (Å²) >= 11 is 0. The van der Waals surface area contributed by atoms with Crippen molar-refractivity contribution in [1.82, 2.24) is 13.9 Å². The maximum atomic E-state index is 12.5. The van der Waals surface area contributed by atoms with Crippen LogP contribution in [0.3, 0.4) is 0 Å². The third-order valence-electron chi connectivity index (χ3n) is 4.53. The van der Waals surface area contributed by atoms with Gasteiger partial charge in [0.1, 0.15) is 0 Å². The van der Waals surface area contributed by atoms with Crippen molar-refractivity contribution in [2.75, 3.05) is 45.9 Å². The van der Waals surface area contributed by atoms with Crippen LogP contribution in [0.4, 0.5) is 0 Å². The van der Waals surface area contributed by atoms with E-state index < -0.39 is 10.2 Å². The van der Waals surface area contributed by atoms with Gasteiger partial charge in [-0.15, -0.1) is 0 Å². The fourth-order valence-electron chi connectivity index (χ4n) is 3.25. The molecule has 0 aromatic heterocycles. The normalized spacial score (nSPS) is 22.3. The maximum absolute atomic E-state index is 12.5. The molecular weight excluding hydrogens is 314 g/mol. The lowest BCUT2D eigenvalue weighted by molar-refractivity contribution is 0.0723. The molecule has 2 aliphatic rings. The molecule has 1 aromatic rings. The SMILES string of the molecule is O=S(=O)(NC[C@@H](c1ccccc1)N1CCCC1)N1CCOCC1. The van der Waals surface area contributed by atoms with E-state index >= 15 is 0 Å². The smallest absolute Gasteiger partial charge is 0.279 e. The van der Waals surface area contributed by atoms with Gasteiger partial charge in [0.25, 0.3) is 10.2 Å². The highest BCUT2D eigenvalue weighted by Gasteiger charge is 2.28. The van der Waals surface area contributed by atoms with Crippen LogP contribution in [0, 0.1) is 0 Å². The molecule has 0 radical (unpaired) electrons. The van der Waals surface area contributed by atoms with E-state index in [0.717, 1.165) is 13.1 Å². The number of nitrogens with one attached hydrogen (secondary N) is 1. The molecule has 2 fully saturated rings. The Hall–Kier alpha value is -0.990. The van der Waals surface area contributed by atoms with Crippen LogP contribution in [0.1, 0.15) is 24.4 Å². The molecule has 23 heavy (non-hydrogen) atoms. The van der Waals surface area contributed by atoms with E-state index in [1.165, 1.54) is 22.7 Å². The minimum absolute atomic E-state index is 0.0921. The highest BCUT2D eigenvalue weighted by Crippen LogP contribution is 2.24. The van der Waals surface area contributed by atoms with Crippen LogP contribution in [0.25, 0.3) is 0 Å². The lowest BCUT2D eigenvalue weighted by atomic mass is 10.1. The lowest BCUT2D eigenvalue weighted by Gasteiger charge is -2.30. The van der Waals surface area contributed by atoms with Gasteiger partial charge in [-0.05, 0) is 31.5 Å². The highest BCUT2D eigenvalue weighted by molar-refractivity contribution is 7.87. The Morgan fingerprint density at radius 2 is 1.70 bits per heavy atom. The fourth-order valence-corrected chi connectivity index (χ4v) is 4.43. The summed E-state index contributed by atoms with van der Waals surface area (Å²) in [5.41, 5.74) is 1.17. The number of morpholine rings is 1. The standard InChI is InChI=1S/C16H25N3O3S/c20-23(21,19-10-12-22-13-11-19)17-14-16(18-8-4-5-9-18)15-6-2-1-3-7-15/h1-3,6-7,16-17H,4-5,8-14H2/t16-/m0/s1. The van der Waals surface area contributed by atoms with Crippen molar-refractivity contribution >= 4 is 10.2 Å². The number of likely N-dealkylation sites (tertiary alicyclic amines) is 1. The van der Waals surface area contributed by atoms with Crippen molar-refractivity contribution in [3.05, 3.63) is 35.9 Å². The Balaban J connectivity index is 1.68. The Morgan fingerprint density at radius 3 is 2.35 bits per heavy atom. The Bertz CT molecular complexity index is 582. The van der Waals surface area contributed by atoms with Crippen molar-refractivity contribution in [2.24, 2.45) is 0 Å². The number of hydrogen-bond acceptors (Lipinski definition) is 4. The van der Waals surface area contributed by atoms with Crippen molar-refractivity contribution in [3.63, 3.8) is 0 Å². The summed E-state index contributed by atoms with van der Waals surface area (Å²) in [4.78, 5) is 2.37. The Kier molecular flexibility index (Phi) is 5.66. The Morgan fingerprint density at radius 1 is 1.04 bits per heavy atom. The second-order valence-corrected chi connectivity index (χ2v) is 7.79. The summed E-state index contributed by atoms with van der Waals surface area (Å²) in [5.74, 6) is 0. The zero-order valence-electron chi connectivity index (χ0n) is 13.4. The van der Waals surface area contributed by atoms with E-state index in [0.29, 0.717) is 32.8 Å². The molecule has 128 valence electrons. The zero-order valence-corrected chi connectivity index (χ0v) is 14.2. The van der Waals surface area contributed by atoms with E-state index in [2.05, 4.69) is 21.8 Å². The van der Waals surface area contributed by atoms with Gasteiger partial charge in [-0.2, -0.15) is 12.7 Å². The molecule has 1 atom stereocenters. The highest BCUT2D eigenvalue weighted by atomic mass is 32.2. The Labute approximate surface area is 138 Å². The van der Waals surface area contributed by atoms with E-state index in [1.54, 1.807) is 0 Å². The van der Waals surface area contributed by atoms with Gasteiger partial charge >= 0.3 is 0 Å². The molecule has 1 aromatic carbocycles. The van der Waals surface area contributed by atoms with Crippen LogP contribution in [0.5, 0.6) is 0 Å². The molecule has 0 bridgehead atoms. The van der Waals surface area contributed by atoms with Crippen molar-refractivity contribution in [1.29, 1.82) is 0 Å². The second kappa shape index (κ2) is 7.72. The molecule has 0 saturated carbocycles. The molecule has 0 unspecified atom stereocenters. The van der Waals surface area contributed by atoms with E-state index in [-0.39, 0.29) is 6.04 Å². The first-order valence-corrected chi connectivity index (χ1v) is 9.72. The van der Waals surface area contributed by atoms with Gasteiger partial charge in [-0.25, -0.2) is 4.72 Å². The fraction of sp³-hybridized carbons (Fsp3) is 0.625. The summed E-state index contributed by atoms with van der Waals surface area (Å²) in [7, 11) is -3.44. The average molecular weight is 339 g/mol. The van der Waals surface area contributed by atoms with Crippen LogP contribution in [0.2, 0.25) is 0 Å². The van der Waals surface area contributed by atoms with Crippen LogP contribution < -0.4 is 4.72 Å². The summed E-state index contributed by atoms with van der Waals surface area (Å²) < 4.78 is 34.5. The average Bonchev–Trinajstić information content (AvgIpc) is 3.11. The molecule has 2 heterocycles. The van der Waals surface area contributed by atoms with E-state index in [1.807, 2.05) is 18.2 Å². The maximum Gasteiger partial charge on any atom is 0.279 e. The van der Waals surface area contributed by atoms with Gasteiger partial charge in [0.05, 0.1) is 13.2 Å². The molecule has 2 saturated heterocycles. The summed E-state index contributed by atoms with van der Waals surface area (Å²) in [5, 5.41) is 0. The number of rotatable bonds is 6. The number of benzene rings is 1. The van der Waals surface area contributed by atoms with E-state index in [9.17, 15) is 8.42 Å². The molecule has 1 N–H and O–H groups in total. The van der Waals surface area contributed by atoms with Crippen LogP contribution in [0.15, 0.2) is 30.3 Å². The van der Waals surface area contributed by atoms with Gasteiger partial charge in [-0.1, -0.05) is 30.3 Å². The number of hydrogen-bond donors (Lipinski definition) is 1. The van der Waals surface area contributed by atoms with Crippen LogP contribution in [-0.4, -0.2) is 63.6 Å². The van der Waals surface area contributed by atoms with Gasteiger partial charge < -0.3 is 4.74 Å². The predicted molar refractivity (Wildman–Crippen MR) is 89.3 cm³/mol. The zero-order chi connectivity index (χ0) is 16.1.